The molecular formula is C25H23FN2O6. The van der Waals surface area contributed by atoms with E-state index in [1.54, 1.807) is 48.5 Å². The monoisotopic (exact) mass is 466 g/mol. The highest BCUT2D eigenvalue weighted by Crippen LogP contribution is 2.39. The van der Waals surface area contributed by atoms with Crippen LogP contribution in [-0.4, -0.2) is 39.8 Å². The number of anilines is 2. The van der Waals surface area contributed by atoms with Gasteiger partial charge in [0.2, 0.25) is 5.75 Å². The molecule has 1 heterocycles. The van der Waals surface area contributed by atoms with Gasteiger partial charge in [0, 0.05) is 22.9 Å². The normalized spacial score (nSPS) is 12.5. The number of halogens is 1. The van der Waals surface area contributed by atoms with Gasteiger partial charge in [0.1, 0.15) is 11.6 Å². The molecule has 8 nitrogen and oxygen atoms in total. The van der Waals surface area contributed by atoms with E-state index in [0.29, 0.717) is 45.5 Å². The van der Waals surface area contributed by atoms with Crippen LogP contribution in [0.3, 0.4) is 0 Å². The van der Waals surface area contributed by atoms with Gasteiger partial charge in [-0.05, 0) is 30.3 Å². The van der Waals surface area contributed by atoms with Crippen molar-refractivity contribution in [2.45, 2.75) is 6.54 Å². The summed E-state index contributed by atoms with van der Waals surface area (Å²) < 4.78 is 35.6. The Balaban J connectivity index is 1.58. The maximum atomic E-state index is 14.1. The van der Waals surface area contributed by atoms with E-state index in [1.165, 1.54) is 32.3 Å². The maximum absolute atomic E-state index is 14.1. The van der Waals surface area contributed by atoms with Gasteiger partial charge in [-0.1, -0.05) is 18.2 Å². The van der Waals surface area contributed by atoms with Crippen LogP contribution in [0, 0.1) is 5.82 Å². The molecule has 0 bridgehead atoms. The summed E-state index contributed by atoms with van der Waals surface area (Å²) in [7, 11) is 4.41. The van der Waals surface area contributed by atoms with Gasteiger partial charge in [0.05, 0.1) is 33.6 Å². The molecule has 0 aliphatic carbocycles. The van der Waals surface area contributed by atoms with Gasteiger partial charge in [-0.15, -0.1) is 0 Å². The molecule has 0 saturated heterocycles. The van der Waals surface area contributed by atoms with Gasteiger partial charge in [-0.3, -0.25) is 9.59 Å². The van der Waals surface area contributed by atoms with E-state index in [2.05, 4.69) is 5.32 Å². The number of nitrogens with zero attached hydrogens (tertiary/aromatic N) is 1. The first-order chi connectivity index (χ1) is 16.4. The van der Waals surface area contributed by atoms with Crippen LogP contribution < -0.4 is 29.2 Å². The number of carbonyl (C=O) groups excluding carboxylic acids is 2. The number of ether oxygens (including phenoxy) is 4. The number of amides is 2. The molecule has 3 aromatic rings. The van der Waals surface area contributed by atoms with Crippen LogP contribution in [0.4, 0.5) is 15.8 Å². The molecular weight excluding hydrogens is 443 g/mol. The number of fused-ring (bicyclic) bond motifs is 1. The maximum Gasteiger partial charge on any atom is 0.265 e. The molecule has 3 aromatic carbocycles. The Hall–Kier alpha value is -4.27. The van der Waals surface area contributed by atoms with Gasteiger partial charge in [-0.2, -0.15) is 0 Å². The third-order valence-corrected chi connectivity index (χ3v) is 5.37. The van der Waals surface area contributed by atoms with Gasteiger partial charge in [0.15, 0.2) is 18.1 Å². The van der Waals surface area contributed by atoms with E-state index >= 15 is 0 Å². The van der Waals surface area contributed by atoms with E-state index in [-0.39, 0.29) is 19.1 Å². The largest absolute Gasteiger partial charge is 0.493 e. The van der Waals surface area contributed by atoms with Crippen LogP contribution in [0.25, 0.3) is 0 Å². The predicted octanol–water partition coefficient (Wildman–Crippen LogP) is 4.03. The molecule has 9 heteroatoms. The summed E-state index contributed by atoms with van der Waals surface area (Å²) in [5, 5.41) is 2.80. The highest BCUT2D eigenvalue weighted by Gasteiger charge is 2.27. The molecule has 0 unspecified atom stereocenters. The number of methoxy groups -OCH3 is 3. The Morgan fingerprint density at radius 2 is 1.74 bits per heavy atom. The minimum absolute atomic E-state index is 0.0685. The molecule has 1 aliphatic rings. The number of rotatable bonds is 7. The lowest BCUT2D eigenvalue weighted by Crippen LogP contribution is -2.38. The Bertz CT molecular complexity index is 1220. The lowest BCUT2D eigenvalue weighted by atomic mass is 10.1. The molecule has 2 amide bonds. The van der Waals surface area contributed by atoms with E-state index in [9.17, 15) is 14.0 Å². The number of hydrogen-bond donors (Lipinski definition) is 1. The van der Waals surface area contributed by atoms with Crippen LogP contribution in [0.5, 0.6) is 23.0 Å². The second kappa shape index (κ2) is 9.70. The second-order valence-electron chi connectivity index (χ2n) is 7.41. The van der Waals surface area contributed by atoms with Crippen molar-refractivity contribution in [1.82, 2.24) is 0 Å². The number of carbonyl (C=O) groups is 2. The third kappa shape index (κ3) is 4.45. The van der Waals surface area contributed by atoms with Gasteiger partial charge >= 0.3 is 0 Å². The van der Waals surface area contributed by atoms with E-state index < -0.39 is 11.7 Å². The molecule has 0 aromatic heterocycles. The van der Waals surface area contributed by atoms with Crippen molar-refractivity contribution in [2.75, 3.05) is 38.2 Å². The summed E-state index contributed by atoms with van der Waals surface area (Å²) in [6.45, 7) is -0.120. The lowest BCUT2D eigenvalue weighted by molar-refractivity contribution is -0.121. The molecule has 4 rings (SSSR count). The zero-order valence-corrected chi connectivity index (χ0v) is 18.9. The smallest absolute Gasteiger partial charge is 0.265 e. The van der Waals surface area contributed by atoms with E-state index in [4.69, 9.17) is 18.9 Å². The van der Waals surface area contributed by atoms with Crippen LogP contribution >= 0.6 is 0 Å². The second-order valence-corrected chi connectivity index (χ2v) is 7.41. The highest BCUT2D eigenvalue weighted by molar-refractivity contribution is 6.06. The number of nitrogens with one attached hydrogen (secondary N) is 1. The topological polar surface area (TPSA) is 86.3 Å². The van der Waals surface area contributed by atoms with Crippen molar-refractivity contribution in [3.05, 3.63) is 71.5 Å². The van der Waals surface area contributed by atoms with Crippen molar-refractivity contribution in [2.24, 2.45) is 0 Å². The van der Waals surface area contributed by atoms with E-state index in [0.717, 1.165) is 0 Å². The zero-order chi connectivity index (χ0) is 24.2. The van der Waals surface area contributed by atoms with Crippen LogP contribution in [0.2, 0.25) is 0 Å². The standard InChI is InChI=1S/C25H23FN2O6/c1-31-21-10-16(11-22(32-2)24(21)33-3)25(30)27-17-8-9-19-20(12-17)34-14-23(29)28(19)13-15-6-4-5-7-18(15)26/h4-12H,13-14H2,1-3H3,(H,27,30). The third-order valence-electron chi connectivity index (χ3n) is 5.37. The van der Waals surface area contributed by atoms with E-state index in [1.807, 2.05) is 0 Å². The molecule has 176 valence electrons. The Labute approximate surface area is 195 Å². The number of hydrogen-bond acceptors (Lipinski definition) is 6. The first-order valence-corrected chi connectivity index (χ1v) is 10.4. The van der Waals surface area contributed by atoms with Crippen molar-refractivity contribution in [3.8, 4) is 23.0 Å². The lowest BCUT2D eigenvalue weighted by Gasteiger charge is -2.30. The summed E-state index contributed by atoms with van der Waals surface area (Å²) in [5.74, 6) is 0.393. The molecule has 1 N–H and O–H groups in total. The highest BCUT2D eigenvalue weighted by atomic mass is 19.1. The van der Waals surface area contributed by atoms with Crippen LogP contribution in [0.15, 0.2) is 54.6 Å². The average molecular weight is 466 g/mol. The SMILES string of the molecule is COc1cc(C(=O)Nc2ccc3c(c2)OCC(=O)N3Cc2ccccc2F)cc(OC)c1OC. The fraction of sp³-hybridized carbons (Fsp3) is 0.200. The average Bonchev–Trinajstić information content (AvgIpc) is 2.85. The summed E-state index contributed by atoms with van der Waals surface area (Å²) in [5.41, 5.74) is 1.64. The van der Waals surface area contributed by atoms with Crippen molar-refractivity contribution in [1.29, 1.82) is 0 Å². The fourth-order valence-electron chi connectivity index (χ4n) is 3.67. The van der Waals surface area contributed by atoms with Crippen LogP contribution in [0.1, 0.15) is 15.9 Å². The molecule has 0 spiro atoms. The van der Waals surface area contributed by atoms with Gasteiger partial charge < -0.3 is 29.2 Å². The first kappa shape index (κ1) is 22.9. The predicted molar refractivity (Wildman–Crippen MR) is 124 cm³/mol. The Kier molecular flexibility index (Phi) is 6.53. The minimum atomic E-state index is -0.408. The van der Waals surface area contributed by atoms with Gasteiger partial charge in [-0.25, -0.2) is 4.39 Å². The molecule has 0 fully saturated rings. The molecule has 0 saturated carbocycles. The number of benzene rings is 3. The Morgan fingerprint density at radius 3 is 2.38 bits per heavy atom. The minimum Gasteiger partial charge on any atom is -0.493 e. The molecule has 34 heavy (non-hydrogen) atoms. The Morgan fingerprint density at radius 1 is 1.03 bits per heavy atom. The summed E-state index contributed by atoms with van der Waals surface area (Å²) in [6.07, 6.45) is 0. The molecule has 0 atom stereocenters. The molecule has 1 aliphatic heterocycles. The molecule has 0 radical (unpaired) electrons. The summed E-state index contributed by atoms with van der Waals surface area (Å²) in [4.78, 5) is 26.8. The summed E-state index contributed by atoms with van der Waals surface area (Å²) >= 11 is 0. The van der Waals surface area contributed by atoms with Crippen molar-refractivity contribution in [3.63, 3.8) is 0 Å². The summed E-state index contributed by atoms with van der Waals surface area (Å²) in [6, 6.07) is 14.3. The fourth-order valence-corrected chi connectivity index (χ4v) is 3.67. The van der Waals surface area contributed by atoms with Crippen molar-refractivity contribution < 1.29 is 32.9 Å². The van der Waals surface area contributed by atoms with Crippen molar-refractivity contribution >= 4 is 23.2 Å². The quantitative estimate of drug-likeness (QED) is 0.566. The van der Waals surface area contributed by atoms with Gasteiger partial charge in [0.25, 0.3) is 11.8 Å². The zero-order valence-electron chi connectivity index (χ0n) is 18.9. The first-order valence-electron chi connectivity index (χ1n) is 10.4. The van der Waals surface area contributed by atoms with Crippen LogP contribution in [-0.2, 0) is 11.3 Å².